The van der Waals surface area contributed by atoms with Crippen molar-refractivity contribution in [3.8, 4) is 5.75 Å². The van der Waals surface area contributed by atoms with Gasteiger partial charge in [0, 0.05) is 30.8 Å². The normalized spacial score (nSPS) is 16.4. The van der Waals surface area contributed by atoms with Crippen LogP contribution in [-0.2, 0) is 11.3 Å². The molecule has 20 heavy (non-hydrogen) atoms. The van der Waals surface area contributed by atoms with Gasteiger partial charge in [0.15, 0.2) is 5.78 Å². The van der Waals surface area contributed by atoms with Gasteiger partial charge < -0.3 is 10.1 Å². The molecule has 0 aliphatic carbocycles. The van der Waals surface area contributed by atoms with Gasteiger partial charge in [0.05, 0.1) is 13.7 Å². The van der Waals surface area contributed by atoms with Crippen molar-refractivity contribution in [1.82, 2.24) is 10.2 Å². The number of rotatable bonds is 4. The number of carbonyl (C=O) groups excluding carboxylic acids is 2. The van der Waals surface area contributed by atoms with Crippen molar-refractivity contribution < 1.29 is 14.3 Å². The lowest BCUT2D eigenvalue weighted by Gasteiger charge is -2.20. The van der Waals surface area contributed by atoms with Crippen LogP contribution in [0.2, 0.25) is 0 Å². The summed E-state index contributed by atoms with van der Waals surface area (Å²) in [6, 6.07) is 5.42. The fourth-order valence-electron chi connectivity index (χ4n) is 2.37. The number of amides is 1. The topological polar surface area (TPSA) is 58.6 Å². The molecule has 5 nitrogen and oxygen atoms in total. The number of ether oxygens (including phenoxy) is 1. The number of nitrogens with zero attached hydrogens (tertiary/aromatic N) is 1. The first-order valence-electron chi connectivity index (χ1n) is 6.77. The molecule has 0 radical (unpaired) electrons. The smallest absolute Gasteiger partial charge is 0.234 e. The Morgan fingerprint density at radius 1 is 1.45 bits per heavy atom. The maximum absolute atomic E-state index is 11.6. The summed E-state index contributed by atoms with van der Waals surface area (Å²) in [4.78, 5) is 25.1. The molecule has 0 atom stereocenters. The molecule has 1 heterocycles. The number of nitrogens with one attached hydrogen (secondary N) is 1. The van der Waals surface area contributed by atoms with Gasteiger partial charge in [-0.2, -0.15) is 0 Å². The molecule has 0 unspecified atom stereocenters. The molecule has 1 aromatic carbocycles. The van der Waals surface area contributed by atoms with Crippen LogP contribution in [0.4, 0.5) is 0 Å². The van der Waals surface area contributed by atoms with Crippen LogP contribution in [0, 0.1) is 0 Å². The third-order valence-electron chi connectivity index (χ3n) is 3.42. The number of Topliss-reactive ketones (excluding diaryl/α,β-unsaturated/α-hetero) is 1. The SMILES string of the molecule is COc1ccc(C(C)=O)cc1CN1CCCNC(=O)C1. The quantitative estimate of drug-likeness (QED) is 0.840. The molecular weight excluding hydrogens is 256 g/mol. The minimum atomic E-state index is 0.0301. The van der Waals surface area contributed by atoms with Gasteiger partial charge in [-0.05, 0) is 31.5 Å². The molecule has 1 aliphatic rings. The van der Waals surface area contributed by atoms with E-state index in [1.54, 1.807) is 20.1 Å². The molecular formula is C15H20N2O3. The molecule has 5 heteroatoms. The van der Waals surface area contributed by atoms with Crippen LogP contribution in [0.25, 0.3) is 0 Å². The molecule has 2 rings (SSSR count). The number of methoxy groups -OCH3 is 1. The van der Waals surface area contributed by atoms with Gasteiger partial charge in [-0.15, -0.1) is 0 Å². The van der Waals surface area contributed by atoms with Gasteiger partial charge in [0.1, 0.15) is 5.75 Å². The van der Waals surface area contributed by atoms with Crippen molar-refractivity contribution >= 4 is 11.7 Å². The van der Waals surface area contributed by atoms with Crippen molar-refractivity contribution in [2.24, 2.45) is 0 Å². The predicted octanol–water partition coefficient (Wildman–Crippen LogP) is 1.22. The van der Waals surface area contributed by atoms with Crippen molar-refractivity contribution in [2.45, 2.75) is 19.9 Å². The second-order valence-corrected chi connectivity index (χ2v) is 5.00. The highest BCUT2D eigenvalue weighted by Crippen LogP contribution is 2.22. The van der Waals surface area contributed by atoms with Crippen LogP contribution in [0.5, 0.6) is 5.75 Å². The number of hydrogen-bond acceptors (Lipinski definition) is 4. The van der Waals surface area contributed by atoms with Crippen LogP contribution in [0.1, 0.15) is 29.3 Å². The summed E-state index contributed by atoms with van der Waals surface area (Å²) >= 11 is 0. The summed E-state index contributed by atoms with van der Waals surface area (Å²) in [5, 5.41) is 2.85. The molecule has 1 amide bonds. The lowest BCUT2D eigenvalue weighted by molar-refractivity contribution is -0.121. The van der Waals surface area contributed by atoms with E-state index in [0.717, 1.165) is 30.8 Å². The zero-order valence-electron chi connectivity index (χ0n) is 11.9. The Kier molecular flexibility index (Phi) is 4.74. The fourth-order valence-corrected chi connectivity index (χ4v) is 2.37. The largest absolute Gasteiger partial charge is 0.496 e. The van der Waals surface area contributed by atoms with E-state index in [4.69, 9.17) is 4.74 Å². The first-order chi connectivity index (χ1) is 9.60. The third-order valence-corrected chi connectivity index (χ3v) is 3.42. The summed E-state index contributed by atoms with van der Waals surface area (Å²) in [5.41, 5.74) is 1.61. The zero-order chi connectivity index (χ0) is 14.5. The van der Waals surface area contributed by atoms with Crippen molar-refractivity contribution in [3.05, 3.63) is 29.3 Å². The highest BCUT2D eigenvalue weighted by Gasteiger charge is 2.17. The molecule has 1 saturated heterocycles. The van der Waals surface area contributed by atoms with Crippen molar-refractivity contribution in [2.75, 3.05) is 26.7 Å². The molecule has 0 spiro atoms. The minimum Gasteiger partial charge on any atom is -0.496 e. The first-order valence-corrected chi connectivity index (χ1v) is 6.77. The Morgan fingerprint density at radius 2 is 2.25 bits per heavy atom. The lowest BCUT2D eigenvalue weighted by Crippen LogP contribution is -2.32. The van der Waals surface area contributed by atoms with E-state index in [0.29, 0.717) is 18.7 Å². The minimum absolute atomic E-state index is 0.0301. The molecule has 1 fully saturated rings. The van der Waals surface area contributed by atoms with Gasteiger partial charge in [0.2, 0.25) is 5.91 Å². The van der Waals surface area contributed by atoms with Crippen molar-refractivity contribution in [3.63, 3.8) is 0 Å². The summed E-state index contributed by atoms with van der Waals surface area (Å²) in [6.45, 7) is 4.11. The summed E-state index contributed by atoms with van der Waals surface area (Å²) in [5.74, 6) is 0.825. The number of ketones is 1. The first kappa shape index (κ1) is 14.5. The van der Waals surface area contributed by atoms with E-state index in [1.165, 1.54) is 0 Å². The predicted molar refractivity (Wildman–Crippen MR) is 75.9 cm³/mol. The Bertz CT molecular complexity index is 514. The molecule has 1 aromatic rings. The van der Waals surface area contributed by atoms with Gasteiger partial charge >= 0.3 is 0 Å². The van der Waals surface area contributed by atoms with Gasteiger partial charge in [-0.3, -0.25) is 14.5 Å². The average Bonchev–Trinajstić information content (AvgIpc) is 2.63. The number of carbonyl (C=O) groups is 2. The number of hydrogen-bond donors (Lipinski definition) is 1. The molecule has 0 aromatic heterocycles. The Labute approximate surface area is 118 Å². The Balaban J connectivity index is 2.19. The molecule has 1 aliphatic heterocycles. The highest BCUT2D eigenvalue weighted by atomic mass is 16.5. The van der Waals surface area contributed by atoms with Crippen molar-refractivity contribution in [1.29, 1.82) is 0 Å². The van der Waals surface area contributed by atoms with Gasteiger partial charge in [0.25, 0.3) is 0 Å². The standard InChI is InChI=1S/C15H20N2O3/c1-11(18)12-4-5-14(20-2)13(8-12)9-17-7-3-6-16-15(19)10-17/h4-5,8H,3,6-7,9-10H2,1-2H3,(H,16,19). The number of benzene rings is 1. The van der Waals surface area contributed by atoms with Gasteiger partial charge in [-0.1, -0.05) is 0 Å². The second kappa shape index (κ2) is 6.52. The van der Waals surface area contributed by atoms with Crippen LogP contribution in [-0.4, -0.2) is 43.3 Å². The molecule has 0 bridgehead atoms. The van der Waals surface area contributed by atoms with E-state index in [2.05, 4.69) is 10.2 Å². The highest BCUT2D eigenvalue weighted by molar-refractivity contribution is 5.94. The fraction of sp³-hybridized carbons (Fsp3) is 0.467. The van der Waals surface area contributed by atoms with Crippen LogP contribution >= 0.6 is 0 Å². The van der Waals surface area contributed by atoms with E-state index in [-0.39, 0.29) is 11.7 Å². The van der Waals surface area contributed by atoms with E-state index in [9.17, 15) is 9.59 Å². The van der Waals surface area contributed by atoms with Crippen LogP contribution < -0.4 is 10.1 Å². The maximum Gasteiger partial charge on any atom is 0.234 e. The monoisotopic (exact) mass is 276 g/mol. The Hall–Kier alpha value is -1.88. The van der Waals surface area contributed by atoms with Gasteiger partial charge in [-0.25, -0.2) is 0 Å². The molecule has 1 N–H and O–H groups in total. The third kappa shape index (κ3) is 3.57. The molecule has 0 saturated carbocycles. The molecule has 108 valence electrons. The maximum atomic E-state index is 11.6. The van der Waals surface area contributed by atoms with Crippen LogP contribution in [0.3, 0.4) is 0 Å². The summed E-state index contributed by atoms with van der Waals surface area (Å²) < 4.78 is 5.34. The van der Waals surface area contributed by atoms with E-state index in [1.807, 2.05) is 12.1 Å². The lowest BCUT2D eigenvalue weighted by atomic mass is 10.1. The van der Waals surface area contributed by atoms with E-state index >= 15 is 0 Å². The zero-order valence-corrected chi connectivity index (χ0v) is 11.9. The van der Waals surface area contributed by atoms with Crippen LogP contribution in [0.15, 0.2) is 18.2 Å². The average molecular weight is 276 g/mol. The second-order valence-electron chi connectivity index (χ2n) is 5.00. The summed E-state index contributed by atoms with van der Waals surface area (Å²) in [7, 11) is 1.61. The Morgan fingerprint density at radius 3 is 2.95 bits per heavy atom. The van der Waals surface area contributed by atoms with E-state index < -0.39 is 0 Å². The summed E-state index contributed by atoms with van der Waals surface area (Å²) in [6.07, 6.45) is 0.931.